The van der Waals surface area contributed by atoms with Crippen molar-refractivity contribution in [3.8, 4) is 0 Å². The van der Waals surface area contributed by atoms with Crippen LogP contribution in [-0.2, 0) is 0 Å². The first-order valence-corrected chi connectivity index (χ1v) is 5.33. The van der Waals surface area contributed by atoms with Crippen LogP contribution in [0.2, 0.25) is 0 Å². The zero-order chi connectivity index (χ0) is 12.5. The van der Waals surface area contributed by atoms with Gasteiger partial charge in [-0.15, -0.1) is 0 Å². The molecule has 2 rings (SSSR count). The molecule has 0 aliphatic heterocycles. The van der Waals surface area contributed by atoms with Gasteiger partial charge in [0.25, 0.3) is 0 Å². The third kappa shape index (κ3) is 4.17. The van der Waals surface area contributed by atoms with Crippen molar-refractivity contribution in [3.63, 3.8) is 0 Å². The van der Waals surface area contributed by atoms with Crippen molar-refractivity contribution in [2.45, 2.75) is 6.92 Å². The summed E-state index contributed by atoms with van der Waals surface area (Å²) in [6.07, 6.45) is 0. The van der Waals surface area contributed by atoms with Crippen molar-refractivity contribution < 1.29 is 5.11 Å². The normalized spacial score (nSPS) is 9.82. The molecule has 0 radical (unpaired) electrons. The molecule has 0 saturated carbocycles. The van der Waals surface area contributed by atoms with Gasteiger partial charge in [0.15, 0.2) is 0 Å². The Balaban J connectivity index is 0.000000686. The van der Waals surface area contributed by atoms with Crippen LogP contribution < -0.4 is 0 Å². The van der Waals surface area contributed by atoms with E-state index in [0.717, 1.165) is 24.0 Å². The maximum absolute atomic E-state index is 7.00. The SMILES string of the molecule is CO.Cc1ccccc1N=Nc1ccccc1. The number of hydrogen-bond donors (Lipinski definition) is 1. The van der Waals surface area contributed by atoms with E-state index < -0.39 is 0 Å². The number of aryl methyl sites for hydroxylation is 1. The Labute approximate surface area is 101 Å². The quantitative estimate of drug-likeness (QED) is 0.775. The van der Waals surface area contributed by atoms with Crippen LogP contribution in [0, 0.1) is 6.92 Å². The van der Waals surface area contributed by atoms with Crippen LogP contribution in [0.1, 0.15) is 5.56 Å². The van der Waals surface area contributed by atoms with Crippen LogP contribution in [0.25, 0.3) is 0 Å². The average molecular weight is 228 g/mol. The van der Waals surface area contributed by atoms with E-state index in [-0.39, 0.29) is 0 Å². The van der Waals surface area contributed by atoms with Gasteiger partial charge in [-0.05, 0) is 30.7 Å². The predicted molar refractivity (Wildman–Crippen MR) is 69.9 cm³/mol. The fourth-order valence-electron chi connectivity index (χ4n) is 1.28. The summed E-state index contributed by atoms with van der Waals surface area (Å²) in [6, 6.07) is 17.7. The second-order valence-electron chi connectivity index (χ2n) is 3.32. The van der Waals surface area contributed by atoms with E-state index in [1.807, 2.05) is 61.5 Å². The maximum Gasteiger partial charge on any atom is 0.0886 e. The van der Waals surface area contributed by atoms with Crippen LogP contribution in [0.15, 0.2) is 64.8 Å². The molecule has 17 heavy (non-hydrogen) atoms. The van der Waals surface area contributed by atoms with Crippen molar-refractivity contribution in [3.05, 3.63) is 60.2 Å². The molecule has 2 aromatic rings. The lowest BCUT2D eigenvalue weighted by atomic mass is 10.2. The number of aliphatic hydroxyl groups is 1. The van der Waals surface area contributed by atoms with Crippen molar-refractivity contribution >= 4 is 11.4 Å². The lowest BCUT2D eigenvalue weighted by molar-refractivity contribution is 0.399. The van der Waals surface area contributed by atoms with Gasteiger partial charge < -0.3 is 5.11 Å². The Bertz CT molecular complexity index is 467. The standard InChI is InChI=1S/C13H12N2.CH4O/c1-11-7-5-6-10-13(11)15-14-12-8-3-2-4-9-12;1-2/h2-10H,1H3;2H,1H3. The van der Waals surface area contributed by atoms with Gasteiger partial charge in [0.1, 0.15) is 0 Å². The minimum atomic E-state index is 0.876. The summed E-state index contributed by atoms with van der Waals surface area (Å²) < 4.78 is 0. The first kappa shape index (κ1) is 13.1. The minimum absolute atomic E-state index is 0.876. The molecule has 2 aromatic carbocycles. The number of azo groups is 1. The van der Waals surface area contributed by atoms with E-state index in [2.05, 4.69) is 10.2 Å². The summed E-state index contributed by atoms with van der Waals surface area (Å²) in [4.78, 5) is 0. The molecule has 0 heterocycles. The van der Waals surface area contributed by atoms with Gasteiger partial charge in [-0.3, -0.25) is 0 Å². The number of aliphatic hydroxyl groups excluding tert-OH is 1. The van der Waals surface area contributed by atoms with Gasteiger partial charge in [0.2, 0.25) is 0 Å². The second kappa shape index (κ2) is 7.30. The van der Waals surface area contributed by atoms with Crippen molar-refractivity contribution in [2.24, 2.45) is 10.2 Å². The Morgan fingerprint density at radius 3 is 2.00 bits per heavy atom. The molecule has 0 aliphatic carbocycles. The monoisotopic (exact) mass is 228 g/mol. The molecule has 3 nitrogen and oxygen atoms in total. The molecule has 0 aliphatic rings. The van der Waals surface area contributed by atoms with Gasteiger partial charge in [-0.2, -0.15) is 10.2 Å². The van der Waals surface area contributed by atoms with E-state index in [1.54, 1.807) is 0 Å². The smallest absolute Gasteiger partial charge is 0.0886 e. The number of benzene rings is 2. The molecule has 0 unspecified atom stereocenters. The van der Waals surface area contributed by atoms with E-state index >= 15 is 0 Å². The van der Waals surface area contributed by atoms with Crippen LogP contribution >= 0.6 is 0 Å². The third-order valence-corrected chi connectivity index (χ3v) is 2.14. The maximum atomic E-state index is 7.00. The summed E-state index contributed by atoms with van der Waals surface area (Å²) in [5.41, 5.74) is 2.93. The van der Waals surface area contributed by atoms with Crippen molar-refractivity contribution in [1.82, 2.24) is 0 Å². The van der Waals surface area contributed by atoms with Gasteiger partial charge in [0, 0.05) is 7.11 Å². The summed E-state index contributed by atoms with van der Waals surface area (Å²) in [5, 5.41) is 15.4. The number of hydrogen-bond acceptors (Lipinski definition) is 3. The summed E-state index contributed by atoms with van der Waals surface area (Å²) in [7, 11) is 1.00. The third-order valence-electron chi connectivity index (χ3n) is 2.14. The average Bonchev–Trinajstić information content (AvgIpc) is 2.41. The zero-order valence-corrected chi connectivity index (χ0v) is 10.0. The minimum Gasteiger partial charge on any atom is -0.400 e. The Kier molecular flexibility index (Phi) is 5.61. The lowest BCUT2D eigenvalue weighted by Gasteiger charge is -1.96. The molecular formula is C14H16N2O. The van der Waals surface area contributed by atoms with Gasteiger partial charge >= 0.3 is 0 Å². The van der Waals surface area contributed by atoms with Crippen LogP contribution in [-0.4, -0.2) is 12.2 Å². The van der Waals surface area contributed by atoms with Gasteiger partial charge in [-0.1, -0.05) is 36.4 Å². The molecule has 0 spiro atoms. The molecular weight excluding hydrogens is 212 g/mol. The summed E-state index contributed by atoms with van der Waals surface area (Å²) in [6.45, 7) is 2.03. The van der Waals surface area contributed by atoms with E-state index in [0.29, 0.717) is 0 Å². The molecule has 0 bridgehead atoms. The Morgan fingerprint density at radius 2 is 1.35 bits per heavy atom. The first-order chi connectivity index (χ1) is 8.36. The van der Waals surface area contributed by atoms with E-state index in [1.165, 1.54) is 0 Å². The summed E-state index contributed by atoms with van der Waals surface area (Å²) in [5.74, 6) is 0. The molecule has 1 N–H and O–H groups in total. The fraction of sp³-hybridized carbons (Fsp3) is 0.143. The number of rotatable bonds is 2. The van der Waals surface area contributed by atoms with E-state index in [9.17, 15) is 0 Å². The predicted octanol–water partition coefficient (Wildman–Crippen LogP) is 4.02. The molecule has 3 heteroatoms. The molecule has 0 saturated heterocycles. The highest BCUT2D eigenvalue weighted by molar-refractivity contribution is 5.45. The molecule has 0 amide bonds. The lowest BCUT2D eigenvalue weighted by Crippen LogP contribution is -1.70. The van der Waals surface area contributed by atoms with Gasteiger partial charge in [-0.25, -0.2) is 0 Å². The topological polar surface area (TPSA) is 45.0 Å². The fourth-order valence-corrected chi connectivity index (χ4v) is 1.28. The van der Waals surface area contributed by atoms with Gasteiger partial charge in [0.05, 0.1) is 11.4 Å². The van der Waals surface area contributed by atoms with Crippen LogP contribution in [0.3, 0.4) is 0 Å². The molecule has 0 aromatic heterocycles. The molecule has 0 atom stereocenters. The van der Waals surface area contributed by atoms with Crippen LogP contribution in [0.5, 0.6) is 0 Å². The Morgan fingerprint density at radius 1 is 0.765 bits per heavy atom. The highest BCUT2D eigenvalue weighted by atomic mass is 16.2. The van der Waals surface area contributed by atoms with E-state index in [4.69, 9.17) is 5.11 Å². The van der Waals surface area contributed by atoms with Crippen molar-refractivity contribution in [2.75, 3.05) is 7.11 Å². The van der Waals surface area contributed by atoms with Crippen LogP contribution in [0.4, 0.5) is 11.4 Å². The zero-order valence-electron chi connectivity index (χ0n) is 10.0. The number of nitrogens with zero attached hydrogens (tertiary/aromatic N) is 2. The second-order valence-corrected chi connectivity index (χ2v) is 3.32. The molecule has 0 fully saturated rings. The first-order valence-electron chi connectivity index (χ1n) is 5.33. The highest BCUT2D eigenvalue weighted by Gasteiger charge is 1.93. The van der Waals surface area contributed by atoms with Crippen molar-refractivity contribution in [1.29, 1.82) is 0 Å². The molecule has 88 valence electrons. The summed E-state index contributed by atoms with van der Waals surface area (Å²) >= 11 is 0. The highest BCUT2D eigenvalue weighted by Crippen LogP contribution is 2.20. The largest absolute Gasteiger partial charge is 0.400 e. The Hall–Kier alpha value is -2.00.